The predicted molar refractivity (Wildman–Crippen MR) is 119 cm³/mol. The lowest BCUT2D eigenvalue weighted by Gasteiger charge is -2.20. The van der Waals surface area contributed by atoms with E-state index in [9.17, 15) is 16.8 Å². The Labute approximate surface area is 179 Å². The standard InChI is InChI=1S/C20H29N3O5S2/c1-5-14-21-17-13-12-16(30(26,27)23(6-2)7-3)15-18(17)22-29(24,25)20-11-9-8-10-19(20)28-4/h8-13,15,21-22H,5-7,14H2,1-4H3. The first-order valence-electron chi connectivity index (χ1n) is 9.75. The second-order valence-corrected chi connectivity index (χ2v) is 10.1. The van der Waals surface area contributed by atoms with Crippen molar-refractivity contribution in [3.63, 3.8) is 0 Å². The van der Waals surface area contributed by atoms with Crippen LogP contribution >= 0.6 is 0 Å². The van der Waals surface area contributed by atoms with E-state index in [2.05, 4.69) is 10.0 Å². The van der Waals surface area contributed by atoms with Gasteiger partial charge in [-0.2, -0.15) is 4.31 Å². The molecule has 0 atom stereocenters. The second kappa shape index (κ2) is 10.1. The van der Waals surface area contributed by atoms with Gasteiger partial charge in [-0.25, -0.2) is 16.8 Å². The number of anilines is 2. The number of hydrogen-bond acceptors (Lipinski definition) is 6. The number of nitrogens with zero attached hydrogens (tertiary/aromatic N) is 1. The summed E-state index contributed by atoms with van der Waals surface area (Å²) in [5.41, 5.74) is 0.649. The number of para-hydroxylation sites is 1. The van der Waals surface area contributed by atoms with E-state index in [1.165, 1.54) is 29.6 Å². The van der Waals surface area contributed by atoms with Crippen LogP contribution in [0.4, 0.5) is 11.4 Å². The molecule has 0 saturated carbocycles. The van der Waals surface area contributed by atoms with Crippen LogP contribution in [0.1, 0.15) is 27.2 Å². The van der Waals surface area contributed by atoms with Crippen LogP contribution in [0.5, 0.6) is 5.75 Å². The van der Waals surface area contributed by atoms with Gasteiger partial charge in [-0.1, -0.05) is 32.9 Å². The van der Waals surface area contributed by atoms with Gasteiger partial charge in [-0.3, -0.25) is 4.72 Å². The Bertz CT molecular complexity index is 1070. The molecule has 0 aliphatic carbocycles. The topological polar surface area (TPSA) is 105 Å². The molecule has 2 N–H and O–H groups in total. The third-order valence-electron chi connectivity index (χ3n) is 4.50. The van der Waals surface area contributed by atoms with Gasteiger partial charge in [0.1, 0.15) is 10.6 Å². The van der Waals surface area contributed by atoms with Gasteiger partial charge in [0, 0.05) is 19.6 Å². The molecule has 166 valence electrons. The fourth-order valence-corrected chi connectivity index (χ4v) is 5.66. The number of benzene rings is 2. The molecule has 0 aliphatic rings. The largest absolute Gasteiger partial charge is 0.495 e. The van der Waals surface area contributed by atoms with Gasteiger partial charge in [0.2, 0.25) is 10.0 Å². The summed E-state index contributed by atoms with van der Waals surface area (Å²) in [6.45, 7) is 6.72. The molecule has 8 nitrogen and oxygen atoms in total. The van der Waals surface area contributed by atoms with Gasteiger partial charge < -0.3 is 10.1 Å². The van der Waals surface area contributed by atoms with Crippen molar-refractivity contribution in [2.45, 2.75) is 37.0 Å². The van der Waals surface area contributed by atoms with E-state index in [1.54, 1.807) is 38.1 Å². The van der Waals surface area contributed by atoms with E-state index in [-0.39, 0.29) is 21.2 Å². The average molecular weight is 456 g/mol. The molecule has 0 unspecified atom stereocenters. The number of sulfonamides is 2. The second-order valence-electron chi connectivity index (χ2n) is 6.48. The molecule has 2 rings (SSSR count). The maximum absolute atomic E-state index is 13.0. The molecule has 0 amide bonds. The summed E-state index contributed by atoms with van der Waals surface area (Å²) in [5, 5.41) is 3.13. The van der Waals surface area contributed by atoms with Crippen LogP contribution in [0.25, 0.3) is 0 Å². The van der Waals surface area contributed by atoms with Crippen molar-refractivity contribution >= 4 is 31.4 Å². The molecule has 0 saturated heterocycles. The number of nitrogens with one attached hydrogen (secondary N) is 2. The monoisotopic (exact) mass is 455 g/mol. The van der Waals surface area contributed by atoms with Gasteiger partial charge in [0.15, 0.2) is 0 Å². The minimum absolute atomic E-state index is 0.0194. The highest BCUT2D eigenvalue weighted by molar-refractivity contribution is 7.93. The molecule has 2 aromatic rings. The minimum atomic E-state index is -4.02. The van der Waals surface area contributed by atoms with Crippen LogP contribution in [0.3, 0.4) is 0 Å². The summed E-state index contributed by atoms with van der Waals surface area (Å²) in [7, 11) is -6.38. The summed E-state index contributed by atoms with van der Waals surface area (Å²) in [6.07, 6.45) is 0.818. The Morgan fingerprint density at radius 3 is 2.20 bits per heavy atom. The number of hydrogen-bond donors (Lipinski definition) is 2. The summed E-state index contributed by atoms with van der Waals surface area (Å²) >= 11 is 0. The highest BCUT2D eigenvalue weighted by Gasteiger charge is 2.25. The summed E-state index contributed by atoms with van der Waals surface area (Å²) in [4.78, 5) is -0.0167. The van der Waals surface area contributed by atoms with Crippen molar-refractivity contribution in [1.82, 2.24) is 4.31 Å². The molecule has 0 bridgehead atoms. The van der Waals surface area contributed by atoms with Crippen molar-refractivity contribution in [2.24, 2.45) is 0 Å². The van der Waals surface area contributed by atoms with E-state index in [0.717, 1.165) is 6.42 Å². The van der Waals surface area contributed by atoms with Gasteiger partial charge in [0.25, 0.3) is 10.0 Å². The molecular formula is C20H29N3O5S2. The Hall–Kier alpha value is -2.30. The Kier molecular flexibility index (Phi) is 8.10. The van der Waals surface area contributed by atoms with Crippen LogP contribution in [0, 0.1) is 0 Å². The predicted octanol–water partition coefficient (Wildman–Crippen LogP) is 3.35. The highest BCUT2D eigenvalue weighted by Crippen LogP contribution is 2.31. The summed E-state index contributed by atoms with van der Waals surface area (Å²) in [6, 6.07) is 10.6. The molecule has 0 radical (unpaired) electrons. The maximum Gasteiger partial charge on any atom is 0.265 e. The van der Waals surface area contributed by atoms with Crippen molar-refractivity contribution < 1.29 is 21.6 Å². The molecule has 0 aliphatic heterocycles. The lowest BCUT2D eigenvalue weighted by atomic mass is 10.2. The fraction of sp³-hybridized carbons (Fsp3) is 0.400. The first-order chi connectivity index (χ1) is 14.2. The first-order valence-corrected chi connectivity index (χ1v) is 12.7. The lowest BCUT2D eigenvalue weighted by molar-refractivity contribution is 0.403. The summed E-state index contributed by atoms with van der Waals surface area (Å²) < 4.78 is 60.9. The molecule has 0 fully saturated rings. The van der Waals surface area contributed by atoms with Crippen LogP contribution in [-0.2, 0) is 20.0 Å². The zero-order chi connectivity index (χ0) is 22.4. The van der Waals surface area contributed by atoms with Crippen LogP contribution in [-0.4, -0.2) is 47.9 Å². The summed E-state index contributed by atoms with van der Waals surface area (Å²) in [5.74, 6) is 0.194. The van der Waals surface area contributed by atoms with E-state index in [1.807, 2.05) is 6.92 Å². The highest BCUT2D eigenvalue weighted by atomic mass is 32.2. The van der Waals surface area contributed by atoms with Crippen molar-refractivity contribution in [3.8, 4) is 5.75 Å². The first kappa shape index (κ1) is 24.0. The third kappa shape index (κ3) is 5.24. The van der Waals surface area contributed by atoms with Crippen molar-refractivity contribution in [2.75, 3.05) is 36.8 Å². The van der Waals surface area contributed by atoms with E-state index >= 15 is 0 Å². The molecule has 0 spiro atoms. The normalized spacial score (nSPS) is 12.0. The van der Waals surface area contributed by atoms with Crippen LogP contribution < -0.4 is 14.8 Å². The van der Waals surface area contributed by atoms with Gasteiger partial charge in [0.05, 0.1) is 23.4 Å². The van der Waals surface area contributed by atoms with Crippen molar-refractivity contribution in [3.05, 3.63) is 42.5 Å². The lowest BCUT2D eigenvalue weighted by Crippen LogP contribution is -2.30. The zero-order valence-electron chi connectivity index (χ0n) is 17.7. The van der Waals surface area contributed by atoms with E-state index < -0.39 is 20.0 Å². The number of rotatable bonds is 11. The fourth-order valence-electron chi connectivity index (χ4n) is 2.94. The van der Waals surface area contributed by atoms with Crippen molar-refractivity contribution in [1.29, 1.82) is 0 Å². The molecule has 10 heteroatoms. The molecule has 0 heterocycles. The zero-order valence-corrected chi connectivity index (χ0v) is 19.3. The van der Waals surface area contributed by atoms with Gasteiger partial charge in [-0.15, -0.1) is 0 Å². The molecular weight excluding hydrogens is 426 g/mol. The average Bonchev–Trinajstić information content (AvgIpc) is 2.73. The Morgan fingerprint density at radius 1 is 0.933 bits per heavy atom. The van der Waals surface area contributed by atoms with Gasteiger partial charge >= 0.3 is 0 Å². The Morgan fingerprint density at radius 2 is 1.60 bits per heavy atom. The minimum Gasteiger partial charge on any atom is -0.495 e. The van der Waals surface area contributed by atoms with E-state index in [4.69, 9.17) is 4.74 Å². The third-order valence-corrected chi connectivity index (χ3v) is 7.95. The number of ether oxygens (including phenoxy) is 1. The molecule has 30 heavy (non-hydrogen) atoms. The molecule has 2 aromatic carbocycles. The smallest absolute Gasteiger partial charge is 0.265 e. The quantitative estimate of drug-likeness (QED) is 0.538. The van der Waals surface area contributed by atoms with Crippen LogP contribution in [0.15, 0.2) is 52.3 Å². The molecule has 0 aromatic heterocycles. The number of methoxy groups -OCH3 is 1. The van der Waals surface area contributed by atoms with E-state index in [0.29, 0.717) is 25.3 Å². The SMILES string of the molecule is CCCNc1ccc(S(=O)(=O)N(CC)CC)cc1NS(=O)(=O)c1ccccc1OC. The Balaban J connectivity index is 2.55. The maximum atomic E-state index is 13.0. The van der Waals surface area contributed by atoms with Gasteiger partial charge in [-0.05, 0) is 36.8 Å². The van der Waals surface area contributed by atoms with Crippen LogP contribution in [0.2, 0.25) is 0 Å².